The number of benzene rings is 1. The maximum absolute atomic E-state index is 12.8. The van der Waals surface area contributed by atoms with Crippen LogP contribution in [0.15, 0.2) is 36.7 Å². The Morgan fingerprint density at radius 1 is 1.27 bits per heavy atom. The van der Waals surface area contributed by atoms with E-state index in [-0.39, 0.29) is 17.4 Å². The van der Waals surface area contributed by atoms with Crippen LogP contribution in [0.2, 0.25) is 0 Å². The van der Waals surface area contributed by atoms with Crippen LogP contribution < -0.4 is 10.6 Å². The fraction of sp³-hybridized carbons (Fsp3) is 0.267. The Balaban J connectivity index is 1.96. The molecule has 0 saturated heterocycles. The minimum atomic E-state index is -0.381. The summed E-state index contributed by atoms with van der Waals surface area (Å²) in [4.78, 5) is 20.1. The van der Waals surface area contributed by atoms with Gasteiger partial charge in [0.2, 0.25) is 0 Å². The molecule has 1 heterocycles. The van der Waals surface area contributed by atoms with Gasteiger partial charge in [-0.25, -0.2) is 14.4 Å². The summed E-state index contributed by atoms with van der Waals surface area (Å²) >= 11 is 0. The number of carbonyl (C=O) groups is 1. The van der Waals surface area contributed by atoms with Gasteiger partial charge in [-0.05, 0) is 30.7 Å². The van der Waals surface area contributed by atoms with E-state index < -0.39 is 0 Å². The van der Waals surface area contributed by atoms with Crippen LogP contribution in [0.4, 0.5) is 15.9 Å². The average Bonchev–Trinajstić information content (AvgIpc) is 2.54. The number of methoxy groups -OCH3 is 1. The Bertz CT molecular complexity index is 619. The van der Waals surface area contributed by atoms with Gasteiger partial charge in [0.1, 0.15) is 23.7 Å². The third kappa shape index (κ3) is 4.78. The molecule has 2 N–H and O–H groups in total. The van der Waals surface area contributed by atoms with E-state index in [1.807, 2.05) is 0 Å². The van der Waals surface area contributed by atoms with Crippen LogP contribution in [0.5, 0.6) is 0 Å². The monoisotopic (exact) mass is 304 g/mol. The fourth-order valence-corrected chi connectivity index (χ4v) is 1.74. The first kappa shape index (κ1) is 15.8. The second-order valence-electron chi connectivity index (χ2n) is 4.52. The third-order valence-electron chi connectivity index (χ3n) is 2.83. The summed E-state index contributed by atoms with van der Waals surface area (Å²) in [6.07, 6.45) is 2.15. The fourth-order valence-electron chi connectivity index (χ4n) is 1.74. The first-order valence-electron chi connectivity index (χ1n) is 6.81. The van der Waals surface area contributed by atoms with Crippen molar-refractivity contribution in [3.05, 3.63) is 48.2 Å². The number of amides is 1. The Morgan fingerprint density at radius 3 is 2.77 bits per heavy atom. The first-order valence-corrected chi connectivity index (χ1v) is 6.81. The molecule has 0 atom stereocenters. The minimum Gasteiger partial charge on any atom is -0.385 e. The van der Waals surface area contributed by atoms with Crippen molar-refractivity contribution in [1.29, 1.82) is 0 Å². The van der Waals surface area contributed by atoms with Gasteiger partial charge >= 0.3 is 0 Å². The summed E-state index contributed by atoms with van der Waals surface area (Å²) in [6, 6.07) is 7.08. The quantitative estimate of drug-likeness (QED) is 0.768. The number of ether oxygens (including phenoxy) is 1. The first-order chi connectivity index (χ1) is 10.7. The lowest BCUT2D eigenvalue weighted by Crippen LogP contribution is -2.15. The van der Waals surface area contributed by atoms with Crippen molar-refractivity contribution in [2.24, 2.45) is 0 Å². The van der Waals surface area contributed by atoms with Crippen LogP contribution >= 0.6 is 0 Å². The van der Waals surface area contributed by atoms with Crippen LogP contribution in [0.25, 0.3) is 0 Å². The second-order valence-corrected chi connectivity index (χ2v) is 4.52. The van der Waals surface area contributed by atoms with E-state index in [1.54, 1.807) is 13.2 Å². The molecule has 2 rings (SSSR count). The summed E-state index contributed by atoms with van der Waals surface area (Å²) in [7, 11) is 1.64. The SMILES string of the molecule is COCCCNc1cc(C(=O)Nc2ccc(F)cc2)ncn1. The number of nitrogens with one attached hydrogen (secondary N) is 2. The molecule has 0 aliphatic heterocycles. The number of aromatic nitrogens is 2. The van der Waals surface area contributed by atoms with Gasteiger partial charge in [-0.3, -0.25) is 4.79 Å². The van der Waals surface area contributed by atoms with Gasteiger partial charge in [0, 0.05) is 32.0 Å². The van der Waals surface area contributed by atoms with Crippen LogP contribution in [-0.2, 0) is 4.74 Å². The molecule has 0 fully saturated rings. The number of carbonyl (C=O) groups excluding carboxylic acids is 1. The number of nitrogens with zero attached hydrogens (tertiary/aromatic N) is 2. The molecule has 0 unspecified atom stereocenters. The molecule has 1 aromatic carbocycles. The van der Waals surface area contributed by atoms with Gasteiger partial charge in [-0.2, -0.15) is 0 Å². The molecule has 0 aliphatic rings. The molecule has 2 aromatic rings. The molecule has 0 bridgehead atoms. The zero-order chi connectivity index (χ0) is 15.8. The average molecular weight is 304 g/mol. The van der Waals surface area contributed by atoms with Crippen molar-refractivity contribution in [2.45, 2.75) is 6.42 Å². The lowest BCUT2D eigenvalue weighted by Gasteiger charge is -2.07. The van der Waals surface area contributed by atoms with Gasteiger partial charge in [0.05, 0.1) is 0 Å². The lowest BCUT2D eigenvalue weighted by atomic mass is 10.3. The highest BCUT2D eigenvalue weighted by Crippen LogP contribution is 2.11. The molecular weight excluding hydrogens is 287 g/mol. The smallest absolute Gasteiger partial charge is 0.274 e. The standard InChI is InChI=1S/C15H17FN4O2/c1-22-8-2-7-17-14-9-13(18-10-19-14)15(21)20-12-5-3-11(16)4-6-12/h3-6,9-10H,2,7-8H2,1H3,(H,20,21)(H,17,18,19). The molecule has 0 radical (unpaired) electrons. The molecular formula is C15H17FN4O2. The number of hydrogen-bond donors (Lipinski definition) is 2. The van der Waals surface area contributed by atoms with Crippen LogP contribution in [0, 0.1) is 5.82 Å². The van der Waals surface area contributed by atoms with Gasteiger partial charge in [0.15, 0.2) is 0 Å². The summed E-state index contributed by atoms with van der Waals surface area (Å²) in [5, 5.41) is 5.73. The Hall–Kier alpha value is -2.54. The van der Waals surface area contributed by atoms with Crippen LogP contribution in [0.3, 0.4) is 0 Å². The number of hydrogen-bond acceptors (Lipinski definition) is 5. The predicted octanol–water partition coefficient (Wildman–Crippen LogP) is 2.32. The lowest BCUT2D eigenvalue weighted by molar-refractivity contribution is 0.102. The van der Waals surface area contributed by atoms with Gasteiger partial charge < -0.3 is 15.4 Å². The van der Waals surface area contributed by atoms with E-state index in [0.717, 1.165) is 6.42 Å². The van der Waals surface area contributed by atoms with Gasteiger partial charge in [0.25, 0.3) is 5.91 Å². The van der Waals surface area contributed by atoms with Crippen molar-refractivity contribution in [2.75, 3.05) is 30.9 Å². The molecule has 0 aliphatic carbocycles. The normalized spacial score (nSPS) is 10.3. The zero-order valence-electron chi connectivity index (χ0n) is 12.2. The largest absolute Gasteiger partial charge is 0.385 e. The summed E-state index contributed by atoms with van der Waals surface area (Å²) in [5.74, 6) is -0.174. The third-order valence-corrected chi connectivity index (χ3v) is 2.83. The van der Waals surface area contributed by atoms with E-state index in [9.17, 15) is 9.18 Å². The number of halogens is 1. The highest BCUT2D eigenvalue weighted by molar-refractivity contribution is 6.03. The number of anilines is 2. The van der Waals surface area contributed by atoms with E-state index in [2.05, 4.69) is 20.6 Å². The van der Waals surface area contributed by atoms with Crippen molar-refractivity contribution in [1.82, 2.24) is 9.97 Å². The molecule has 6 nitrogen and oxygen atoms in total. The van der Waals surface area contributed by atoms with E-state index in [1.165, 1.54) is 30.6 Å². The van der Waals surface area contributed by atoms with Gasteiger partial charge in [-0.1, -0.05) is 0 Å². The maximum Gasteiger partial charge on any atom is 0.274 e. The van der Waals surface area contributed by atoms with Crippen molar-refractivity contribution >= 4 is 17.4 Å². The van der Waals surface area contributed by atoms with E-state index in [4.69, 9.17) is 4.74 Å². The molecule has 0 spiro atoms. The van der Waals surface area contributed by atoms with E-state index >= 15 is 0 Å². The molecule has 1 amide bonds. The highest BCUT2D eigenvalue weighted by Gasteiger charge is 2.09. The molecule has 116 valence electrons. The van der Waals surface area contributed by atoms with Crippen molar-refractivity contribution in [3.8, 4) is 0 Å². The van der Waals surface area contributed by atoms with Crippen molar-refractivity contribution in [3.63, 3.8) is 0 Å². The van der Waals surface area contributed by atoms with Crippen LogP contribution in [0.1, 0.15) is 16.9 Å². The second kappa shape index (κ2) is 8.04. The molecule has 7 heteroatoms. The summed E-state index contributed by atoms with van der Waals surface area (Å²) in [5.41, 5.74) is 0.730. The van der Waals surface area contributed by atoms with Crippen molar-refractivity contribution < 1.29 is 13.9 Å². The van der Waals surface area contributed by atoms with Gasteiger partial charge in [-0.15, -0.1) is 0 Å². The molecule has 22 heavy (non-hydrogen) atoms. The zero-order valence-corrected chi connectivity index (χ0v) is 12.2. The number of rotatable bonds is 7. The Labute approximate surface area is 127 Å². The Morgan fingerprint density at radius 2 is 2.05 bits per heavy atom. The molecule has 1 aromatic heterocycles. The minimum absolute atomic E-state index is 0.230. The Kier molecular flexibility index (Phi) is 5.79. The summed E-state index contributed by atoms with van der Waals surface area (Å²) in [6.45, 7) is 1.33. The highest BCUT2D eigenvalue weighted by atomic mass is 19.1. The predicted molar refractivity (Wildman–Crippen MR) is 81.4 cm³/mol. The topological polar surface area (TPSA) is 76.1 Å². The van der Waals surface area contributed by atoms with Crippen LogP contribution in [-0.4, -0.2) is 36.1 Å². The molecule has 0 saturated carbocycles. The summed E-state index contributed by atoms with van der Waals surface area (Å²) < 4.78 is 17.8. The van der Waals surface area contributed by atoms with E-state index in [0.29, 0.717) is 24.7 Å². The maximum atomic E-state index is 12.8.